The van der Waals surface area contributed by atoms with Crippen LogP contribution in [0, 0.1) is 13.8 Å². The smallest absolute Gasteiger partial charge is 0.316 e. The molecule has 0 spiro atoms. The fraction of sp³-hybridized carbons (Fsp3) is 0.160. The molecule has 4 aromatic rings. The summed E-state index contributed by atoms with van der Waals surface area (Å²) in [7, 11) is 0. The third kappa shape index (κ3) is 5.68. The van der Waals surface area contributed by atoms with Gasteiger partial charge < -0.3 is 10.1 Å². The zero-order valence-corrected chi connectivity index (χ0v) is 19.6. The molecule has 0 aliphatic rings. The van der Waals surface area contributed by atoms with Gasteiger partial charge in [-0.25, -0.2) is 0 Å². The van der Waals surface area contributed by atoms with Crippen molar-refractivity contribution in [2.24, 2.45) is 0 Å². The third-order valence-electron chi connectivity index (χ3n) is 5.00. The summed E-state index contributed by atoms with van der Waals surface area (Å²) < 4.78 is 6.75. The predicted molar refractivity (Wildman–Crippen MR) is 131 cm³/mol. The molecule has 9 heteroatoms. The van der Waals surface area contributed by atoms with Crippen LogP contribution in [0.4, 0.5) is 5.69 Å². The second-order valence-electron chi connectivity index (χ2n) is 7.57. The van der Waals surface area contributed by atoms with E-state index in [1.165, 1.54) is 0 Å². The first kappa shape index (κ1) is 23.2. The number of benzene rings is 3. The summed E-state index contributed by atoms with van der Waals surface area (Å²) >= 11 is 1.15. The lowest BCUT2D eigenvalue weighted by Gasteiger charge is -2.11. The highest BCUT2D eigenvalue weighted by molar-refractivity contribution is 7.99. The monoisotopic (exact) mass is 473 g/mol. The summed E-state index contributed by atoms with van der Waals surface area (Å²) in [6, 6.07) is 23.2. The molecular weight excluding hydrogens is 450 g/mol. The van der Waals surface area contributed by atoms with E-state index in [-0.39, 0.29) is 12.4 Å². The van der Waals surface area contributed by atoms with E-state index < -0.39 is 11.9 Å². The molecule has 34 heavy (non-hydrogen) atoms. The van der Waals surface area contributed by atoms with Gasteiger partial charge in [-0.1, -0.05) is 72.4 Å². The first-order valence-corrected chi connectivity index (χ1v) is 11.6. The molecule has 1 heterocycles. The second-order valence-corrected chi connectivity index (χ2v) is 8.51. The van der Waals surface area contributed by atoms with Crippen LogP contribution in [-0.4, -0.2) is 44.4 Å². The van der Waals surface area contributed by atoms with Crippen LogP contribution in [0.25, 0.3) is 16.8 Å². The Hall–Kier alpha value is -3.98. The number of carbonyl (C=O) groups excluding carboxylic acids is 2. The number of aromatic nitrogens is 4. The number of carbonyl (C=O) groups is 2. The Morgan fingerprint density at radius 3 is 2.59 bits per heavy atom. The number of amides is 1. The van der Waals surface area contributed by atoms with E-state index in [1.807, 2.05) is 86.6 Å². The minimum absolute atomic E-state index is 0.0287. The van der Waals surface area contributed by atoms with Gasteiger partial charge in [0.05, 0.1) is 11.4 Å². The van der Waals surface area contributed by atoms with Crippen molar-refractivity contribution in [1.82, 2.24) is 20.2 Å². The Bertz CT molecular complexity index is 1310. The van der Waals surface area contributed by atoms with Crippen LogP contribution in [0.5, 0.6) is 0 Å². The van der Waals surface area contributed by atoms with Crippen molar-refractivity contribution in [3.05, 3.63) is 83.9 Å². The normalized spacial score (nSPS) is 10.6. The van der Waals surface area contributed by atoms with E-state index in [9.17, 15) is 9.59 Å². The van der Waals surface area contributed by atoms with Crippen LogP contribution in [0.2, 0.25) is 0 Å². The van der Waals surface area contributed by atoms with Gasteiger partial charge in [0, 0.05) is 11.3 Å². The first-order chi connectivity index (χ1) is 16.5. The minimum atomic E-state index is -0.535. The highest BCUT2D eigenvalue weighted by Gasteiger charge is 2.15. The van der Waals surface area contributed by atoms with Crippen LogP contribution in [0.15, 0.2) is 78.0 Å². The lowest BCUT2D eigenvalue weighted by molar-refractivity contribution is -0.144. The Balaban J connectivity index is 1.32. The standard InChI is InChI=1S/C25H23N5O3S/c1-17-12-13-18(2)22(14-17)30-25(27-28-29-30)34-16-24(32)33-15-23(31)26-21-11-7-6-10-20(21)19-8-4-3-5-9-19/h3-14H,15-16H2,1-2H3,(H,26,31). The van der Waals surface area contributed by atoms with Crippen molar-refractivity contribution in [3.63, 3.8) is 0 Å². The zero-order chi connectivity index (χ0) is 23.9. The number of anilines is 1. The minimum Gasteiger partial charge on any atom is -0.455 e. The van der Waals surface area contributed by atoms with Gasteiger partial charge in [-0.05, 0) is 53.1 Å². The summed E-state index contributed by atoms with van der Waals surface area (Å²) in [5, 5.41) is 15.1. The van der Waals surface area contributed by atoms with E-state index in [0.717, 1.165) is 39.7 Å². The average Bonchev–Trinajstić information content (AvgIpc) is 3.32. The maximum atomic E-state index is 12.4. The number of para-hydroxylation sites is 1. The van der Waals surface area contributed by atoms with Crippen molar-refractivity contribution in [3.8, 4) is 16.8 Å². The molecule has 1 amide bonds. The highest BCUT2D eigenvalue weighted by atomic mass is 32.2. The SMILES string of the molecule is Cc1ccc(C)c(-n2nnnc2SCC(=O)OCC(=O)Nc2ccccc2-c2ccccc2)c1. The van der Waals surface area contributed by atoms with Gasteiger partial charge in [-0.15, -0.1) is 5.10 Å². The van der Waals surface area contributed by atoms with Crippen molar-refractivity contribution < 1.29 is 14.3 Å². The molecule has 0 saturated heterocycles. The van der Waals surface area contributed by atoms with Crippen LogP contribution < -0.4 is 5.32 Å². The van der Waals surface area contributed by atoms with Crippen LogP contribution >= 0.6 is 11.8 Å². The lowest BCUT2D eigenvalue weighted by Crippen LogP contribution is -2.22. The van der Waals surface area contributed by atoms with Gasteiger partial charge in [-0.3, -0.25) is 9.59 Å². The Labute approximate surface area is 201 Å². The summed E-state index contributed by atoms with van der Waals surface area (Å²) in [5.74, 6) is -0.979. The van der Waals surface area contributed by atoms with E-state index in [2.05, 4.69) is 20.8 Å². The molecule has 0 radical (unpaired) electrons. The van der Waals surface area contributed by atoms with Crippen molar-refractivity contribution in [2.45, 2.75) is 19.0 Å². The third-order valence-corrected chi connectivity index (χ3v) is 5.90. The average molecular weight is 474 g/mol. The second kappa shape index (κ2) is 10.8. The molecule has 8 nitrogen and oxygen atoms in total. The molecule has 0 aliphatic heterocycles. The molecule has 0 unspecified atom stereocenters. The van der Waals surface area contributed by atoms with Gasteiger partial charge in [0.15, 0.2) is 6.61 Å². The quantitative estimate of drug-likeness (QED) is 0.302. The number of rotatable bonds is 8. The maximum absolute atomic E-state index is 12.4. The Kier molecular flexibility index (Phi) is 7.34. The Morgan fingerprint density at radius 2 is 1.76 bits per heavy atom. The molecule has 0 fully saturated rings. The van der Waals surface area contributed by atoms with E-state index in [4.69, 9.17) is 4.74 Å². The maximum Gasteiger partial charge on any atom is 0.316 e. The number of esters is 1. The predicted octanol–water partition coefficient (Wildman–Crippen LogP) is 4.22. The number of hydrogen-bond donors (Lipinski definition) is 1. The molecule has 0 saturated carbocycles. The Morgan fingerprint density at radius 1 is 1.00 bits per heavy atom. The van der Waals surface area contributed by atoms with E-state index >= 15 is 0 Å². The van der Waals surface area contributed by atoms with Gasteiger partial charge in [0.1, 0.15) is 0 Å². The van der Waals surface area contributed by atoms with E-state index in [1.54, 1.807) is 4.68 Å². The fourth-order valence-electron chi connectivity index (χ4n) is 3.33. The lowest BCUT2D eigenvalue weighted by atomic mass is 10.0. The summed E-state index contributed by atoms with van der Waals surface area (Å²) in [6.45, 7) is 3.57. The molecule has 0 atom stereocenters. The number of tetrazole rings is 1. The van der Waals surface area contributed by atoms with Gasteiger partial charge in [-0.2, -0.15) is 4.68 Å². The number of aryl methyl sites for hydroxylation is 2. The van der Waals surface area contributed by atoms with Crippen LogP contribution in [0.3, 0.4) is 0 Å². The number of thioether (sulfide) groups is 1. The van der Waals surface area contributed by atoms with Gasteiger partial charge in [0.2, 0.25) is 5.16 Å². The number of nitrogens with one attached hydrogen (secondary N) is 1. The molecule has 4 rings (SSSR count). The summed E-state index contributed by atoms with van der Waals surface area (Å²) in [6.07, 6.45) is 0. The summed E-state index contributed by atoms with van der Waals surface area (Å²) in [4.78, 5) is 24.7. The fourth-order valence-corrected chi connectivity index (χ4v) is 4.01. The number of ether oxygens (including phenoxy) is 1. The zero-order valence-electron chi connectivity index (χ0n) is 18.8. The molecule has 1 aromatic heterocycles. The number of hydrogen-bond acceptors (Lipinski definition) is 7. The molecule has 1 N–H and O–H groups in total. The van der Waals surface area contributed by atoms with Crippen molar-refractivity contribution in [1.29, 1.82) is 0 Å². The largest absolute Gasteiger partial charge is 0.455 e. The molecule has 3 aromatic carbocycles. The van der Waals surface area contributed by atoms with Crippen LogP contribution in [-0.2, 0) is 14.3 Å². The number of nitrogens with zero attached hydrogens (tertiary/aromatic N) is 4. The topological polar surface area (TPSA) is 99.0 Å². The van der Waals surface area contributed by atoms with Gasteiger partial charge in [0.25, 0.3) is 5.91 Å². The van der Waals surface area contributed by atoms with Crippen LogP contribution in [0.1, 0.15) is 11.1 Å². The molecule has 0 bridgehead atoms. The molecular formula is C25H23N5O3S. The van der Waals surface area contributed by atoms with Crippen molar-refractivity contribution >= 4 is 29.3 Å². The van der Waals surface area contributed by atoms with Gasteiger partial charge >= 0.3 is 5.97 Å². The summed E-state index contributed by atoms with van der Waals surface area (Å²) in [5.41, 5.74) is 5.44. The van der Waals surface area contributed by atoms with Crippen molar-refractivity contribution in [2.75, 3.05) is 17.7 Å². The first-order valence-electron chi connectivity index (χ1n) is 10.6. The van der Waals surface area contributed by atoms with E-state index in [0.29, 0.717) is 10.8 Å². The molecule has 172 valence electrons. The highest BCUT2D eigenvalue weighted by Crippen LogP contribution is 2.27. The molecule has 0 aliphatic carbocycles.